The minimum atomic E-state index is -1.75. The molecule has 228 valence electrons. The van der Waals surface area contributed by atoms with Crippen molar-refractivity contribution in [2.75, 3.05) is 0 Å². The molecule has 3 heterocycles. The second-order valence-corrected chi connectivity index (χ2v) is 13.2. The summed E-state index contributed by atoms with van der Waals surface area (Å²) in [6.07, 6.45) is 7.28. The topological polar surface area (TPSA) is 123 Å². The fraction of sp³-hybridized carbons (Fsp3) is 0.697. The van der Waals surface area contributed by atoms with Gasteiger partial charge in [-0.1, -0.05) is 58.1 Å². The van der Waals surface area contributed by atoms with Crippen molar-refractivity contribution in [2.45, 2.75) is 122 Å². The number of hydrogen-bond donors (Lipinski definition) is 3. The highest BCUT2D eigenvalue weighted by molar-refractivity contribution is 5.99. The first-order chi connectivity index (χ1) is 19.2. The van der Waals surface area contributed by atoms with Gasteiger partial charge < -0.3 is 29.5 Å². The molecule has 0 amide bonds. The van der Waals surface area contributed by atoms with E-state index in [-0.39, 0.29) is 55.0 Å². The van der Waals surface area contributed by atoms with E-state index in [1.165, 1.54) is 6.08 Å². The van der Waals surface area contributed by atoms with Crippen LogP contribution in [0.1, 0.15) is 80.6 Å². The Morgan fingerprint density at radius 1 is 1.02 bits per heavy atom. The van der Waals surface area contributed by atoms with E-state index >= 15 is 0 Å². The van der Waals surface area contributed by atoms with Gasteiger partial charge in [0.1, 0.15) is 17.6 Å². The number of carbonyl (C=O) groups is 2. The highest BCUT2D eigenvalue weighted by Gasteiger charge is 2.53. The number of ketones is 1. The van der Waals surface area contributed by atoms with Crippen LogP contribution in [0, 0.1) is 23.7 Å². The third-order valence-corrected chi connectivity index (χ3v) is 9.55. The predicted molar refractivity (Wildman–Crippen MR) is 154 cm³/mol. The zero-order valence-electron chi connectivity index (χ0n) is 25.5. The zero-order valence-corrected chi connectivity index (χ0v) is 25.5. The molecule has 41 heavy (non-hydrogen) atoms. The minimum absolute atomic E-state index is 0.0827. The van der Waals surface area contributed by atoms with Crippen molar-refractivity contribution in [2.24, 2.45) is 23.7 Å². The summed E-state index contributed by atoms with van der Waals surface area (Å²) in [5, 5.41) is 33.8. The molecule has 2 fully saturated rings. The van der Waals surface area contributed by atoms with Gasteiger partial charge in [0.25, 0.3) is 0 Å². The normalized spacial score (nSPS) is 42.8. The number of aliphatic hydroxyl groups is 3. The molecule has 0 radical (unpaired) electrons. The van der Waals surface area contributed by atoms with E-state index in [0.717, 1.165) is 5.57 Å². The molecule has 0 aromatic rings. The molecule has 4 rings (SSSR count). The van der Waals surface area contributed by atoms with Crippen LogP contribution in [0.3, 0.4) is 0 Å². The quantitative estimate of drug-likeness (QED) is 0.314. The molecule has 4 aliphatic rings. The van der Waals surface area contributed by atoms with Crippen LogP contribution in [0.25, 0.3) is 0 Å². The van der Waals surface area contributed by atoms with Crippen molar-refractivity contribution in [1.29, 1.82) is 0 Å². The number of rotatable bonds is 1. The van der Waals surface area contributed by atoms with Crippen LogP contribution in [0.4, 0.5) is 0 Å². The van der Waals surface area contributed by atoms with Crippen molar-refractivity contribution >= 4 is 11.8 Å². The number of fused-ring (bicyclic) bond motifs is 3. The lowest BCUT2D eigenvalue weighted by Gasteiger charge is -2.52. The van der Waals surface area contributed by atoms with E-state index < -0.39 is 41.6 Å². The molecule has 0 saturated carbocycles. The largest absolute Gasteiger partial charge is 0.462 e. The van der Waals surface area contributed by atoms with E-state index in [1.807, 2.05) is 46.8 Å². The van der Waals surface area contributed by atoms with Gasteiger partial charge >= 0.3 is 5.97 Å². The molecular formula is C33H48O8. The van der Waals surface area contributed by atoms with Crippen LogP contribution >= 0.6 is 0 Å². The number of allylic oxidation sites excluding steroid dienone is 3. The number of aliphatic hydroxyl groups excluding tert-OH is 2. The van der Waals surface area contributed by atoms with Crippen molar-refractivity contribution in [1.82, 2.24) is 0 Å². The summed E-state index contributed by atoms with van der Waals surface area (Å²) in [6, 6.07) is 0. The van der Waals surface area contributed by atoms with Crippen molar-refractivity contribution in [3.63, 3.8) is 0 Å². The van der Waals surface area contributed by atoms with Gasteiger partial charge in [0, 0.05) is 37.5 Å². The molecule has 8 heteroatoms. The average molecular weight is 573 g/mol. The van der Waals surface area contributed by atoms with Crippen LogP contribution in [0.15, 0.2) is 47.1 Å². The van der Waals surface area contributed by atoms with E-state index in [1.54, 1.807) is 26.0 Å². The van der Waals surface area contributed by atoms with Crippen LogP contribution in [0.2, 0.25) is 0 Å². The fourth-order valence-corrected chi connectivity index (χ4v) is 6.77. The molecule has 0 unspecified atom stereocenters. The fourth-order valence-electron chi connectivity index (χ4n) is 6.77. The molecule has 10 atom stereocenters. The Morgan fingerprint density at radius 2 is 1.73 bits per heavy atom. The molecule has 0 aromatic carbocycles. The highest BCUT2D eigenvalue weighted by Crippen LogP contribution is 2.45. The molecule has 1 aliphatic carbocycles. The third-order valence-electron chi connectivity index (χ3n) is 9.55. The van der Waals surface area contributed by atoms with E-state index in [2.05, 4.69) is 0 Å². The molecule has 3 N–H and O–H groups in total. The number of Topliss-reactive ketones (excluding diaryl/α,β-unsaturated/α-hetero) is 1. The second-order valence-electron chi connectivity index (χ2n) is 13.2. The Balaban J connectivity index is 1.75. The molecule has 2 bridgehead atoms. The minimum Gasteiger partial charge on any atom is -0.462 e. The number of ether oxygens (including phenoxy) is 3. The lowest BCUT2D eigenvalue weighted by Crippen LogP contribution is -2.59. The van der Waals surface area contributed by atoms with Gasteiger partial charge in [-0.3, -0.25) is 9.59 Å². The number of hydrogen-bond acceptors (Lipinski definition) is 8. The van der Waals surface area contributed by atoms with Gasteiger partial charge in [0.15, 0.2) is 11.6 Å². The zero-order chi connectivity index (χ0) is 30.3. The number of esters is 1. The van der Waals surface area contributed by atoms with Gasteiger partial charge in [-0.15, -0.1) is 0 Å². The summed E-state index contributed by atoms with van der Waals surface area (Å²) in [6.45, 7) is 13.2. The maximum Gasteiger partial charge on any atom is 0.316 e. The summed E-state index contributed by atoms with van der Waals surface area (Å²) in [5.41, 5.74) is -0.0737. The first-order valence-corrected chi connectivity index (χ1v) is 15.0. The van der Waals surface area contributed by atoms with Gasteiger partial charge in [-0.05, 0) is 49.8 Å². The van der Waals surface area contributed by atoms with Gasteiger partial charge in [-0.2, -0.15) is 0 Å². The van der Waals surface area contributed by atoms with Crippen LogP contribution in [-0.2, 0) is 23.8 Å². The Bertz CT molecular complexity index is 1130. The maximum atomic E-state index is 13.8. The van der Waals surface area contributed by atoms with Gasteiger partial charge in [0.05, 0.1) is 24.4 Å². The van der Waals surface area contributed by atoms with Crippen molar-refractivity contribution in [3.8, 4) is 0 Å². The van der Waals surface area contributed by atoms with Crippen molar-refractivity contribution < 1.29 is 39.1 Å². The maximum absolute atomic E-state index is 13.8. The summed E-state index contributed by atoms with van der Waals surface area (Å²) in [4.78, 5) is 26.5. The molecule has 2 saturated heterocycles. The van der Waals surface area contributed by atoms with Crippen molar-refractivity contribution in [3.05, 3.63) is 47.1 Å². The molecule has 0 aromatic heterocycles. The van der Waals surface area contributed by atoms with E-state index in [9.17, 15) is 24.9 Å². The highest BCUT2D eigenvalue weighted by atomic mass is 16.7. The second kappa shape index (κ2) is 12.3. The summed E-state index contributed by atoms with van der Waals surface area (Å²) >= 11 is 0. The average Bonchev–Trinajstić information content (AvgIpc) is 2.90. The van der Waals surface area contributed by atoms with Gasteiger partial charge in [0.2, 0.25) is 0 Å². The monoisotopic (exact) mass is 572 g/mol. The third kappa shape index (κ3) is 6.62. The Labute approximate surface area is 244 Å². The lowest BCUT2D eigenvalue weighted by molar-refractivity contribution is -0.353. The number of carbonyl (C=O) groups excluding carboxylic acids is 2. The predicted octanol–water partition coefficient (Wildman–Crippen LogP) is 4.33. The van der Waals surface area contributed by atoms with Crippen LogP contribution in [-0.4, -0.2) is 69.0 Å². The summed E-state index contributed by atoms with van der Waals surface area (Å²) in [7, 11) is 0. The standard InChI is InChI=1S/C33H48O8/c1-18(2)30-23(7)28(35)16-32(41-30)15-25-14-24(40-32)12-11-20(4)29(36)19(3)9-8-10-22(6)33(38)17-27(34)21(5)13-26(33)31(37)39-25/h8-11,13,18-19,23-26,28-30,35-36,38H,12,14-17H2,1-7H3/t19-,23-,24+,25-,26-,28-,29-,30+,32-,33+/m0/s1. The Hall–Kier alpha value is -2.10. The lowest BCUT2D eigenvalue weighted by atomic mass is 9.72. The van der Waals surface area contributed by atoms with E-state index in [0.29, 0.717) is 24.0 Å². The summed E-state index contributed by atoms with van der Waals surface area (Å²) in [5.74, 6) is -3.21. The smallest absolute Gasteiger partial charge is 0.316 e. The Kier molecular flexibility index (Phi) is 9.51. The molecular weight excluding hydrogens is 524 g/mol. The first-order valence-electron chi connectivity index (χ1n) is 15.0. The summed E-state index contributed by atoms with van der Waals surface area (Å²) < 4.78 is 19.3. The molecule has 8 nitrogen and oxygen atoms in total. The van der Waals surface area contributed by atoms with Crippen LogP contribution in [0.5, 0.6) is 0 Å². The van der Waals surface area contributed by atoms with Crippen LogP contribution < -0.4 is 0 Å². The molecule has 1 spiro atoms. The molecule has 3 aliphatic heterocycles. The van der Waals surface area contributed by atoms with E-state index in [4.69, 9.17) is 14.2 Å². The SMILES string of the molecule is CC1=C[C@H]2C(=O)O[C@H]3C[C@@H](CC=C(C)[C@@H](O)[C@@H](C)C=CC=C(C)[C@]2(O)CC1=O)O[C@]1(C3)C[C@H](O)[C@H](C)[C@@H](C(C)C)O1. The Morgan fingerprint density at radius 3 is 2.41 bits per heavy atom. The first kappa shape index (κ1) is 31.8. The van der Waals surface area contributed by atoms with Gasteiger partial charge in [-0.25, -0.2) is 0 Å².